The lowest BCUT2D eigenvalue weighted by atomic mass is 10.1. The minimum absolute atomic E-state index is 0.0145. The predicted octanol–water partition coefficient (Wildman–Crippen LogP) is 1.55. The number of Topliss-reactive ketones (excluding diaryl/α,β-unsaturated/α-hetero) is 1. The summed E-state index contributed by atoms with van der Waals surface area (Å²) in [6, 6.07) is 1.80. The van der Waals surface area contributed by atoms with E-state index in [1.807, 2.05) is 10.8 Å². The van der Waals surface area contributed by atoms with Gasteiger partial charge in [0, 0.05) is 18.3 Å². The van der Waals surface area contributed by atoms with Gasteiger partial charge in [-0.3, -0.25) is 9.59 Å². The van der Waals surface area contributed by atoms with E-state index in [0.717, 1.165) is 6.42 Å². The summed E-state index contributed by atoms with van der Waals surface area (Å²) in [6.07, 6.45) is 1.42. The Morgan fingerprint density at radius 3 is 3.00 bits per heavy atom. The van der Waals surface area contributed by atoms with Crippen molar-refractivity contribution < 1.29 is 9.59 Å². The number of piperidine rings is 1. The second kappa shape index (κ2) is 3.92. The molecule has 2 rings (SSSR count). The third kappa shape index (κ3) is 1.85. The van der Waals surface area contributed by atoms with Crippen LogP contribution in [0.2, 0.25) is 0 Å². The lowest BCUT2D eigenvalue weighted by Gasteiger charge is -2.25. The zero-order valence-electron chi connectivity index (χ0n) is 7.73. The molecule has 3 nitrogen and oxygen atoms in total. The quantitative estimate of drug-likeness (QED) is 0.703. The highest BCUT2D eigenvalue weighted by molar-refractivity contribution is 7.08. The number of nitrogens with zero attached hydrogens (tertiary/aromatic N) is 1. The average Bonchev–Trinajstić information content (AvgIpc) is 2.69. The summed E-state index contributed by atoms with van der Waals surface area (Å²) >= 11 is 1.50. The van der Waals surface area contributed by atoms with Gasteiger partial charge in [-0.05, 0) is 17.9 Å². The smallest absolute Gasteiger partial charge is 0.255 e. The molecule has 14 heavy (non-hydrogen) atoms. The molecule has 1 amide bonds. The molecule has 1 saturated heterocycles. The number of carbonyl (C=O) groups excluding carboxylic acids is 2. The van der Waals surface area contributed by atoms with E-state index < -0.39 is 0 Å². The minimum Gasteiger partial charge on any atom is -0.331 e. The van der Waals surface area contributed by atoms with Crippen molar-refractivity contribution in [2.45, 2.75) is 12.8 Å². The largest absolute Gasteiger partial charge is 0.331 e. The molecule has 1 aliphatic heterocycles. The number of likely N-dealkylation sites (tertiary alicyclic amines) is 1. The van der Waals surface area contributed by atoms with Crippen molar-refractivity contribution in [1.82, 2.24) is 4.90 Å². The Morgan fingerprint density at radius 2 is 2.36 bits per heavy atom. The first-order valence-corrected chi connectivity index (χ1v) is 5.55. The van der Waals surface area contributed by atoms with Crippen LogP contribution in [-0.2, 0) is 4.79 Å². The fraction of sp³-hybridized carbons (Fsp3) is 0.400. The van der Waals surface area contributed by atoms with Crippen molar-refractivity contribution in [3.63, 3.8) is 0 Å². The monoisotopic (exact) mass is 209 g/mol. The van der Waals surface area contributed by atoms with E-state index in [2.05, 4.69) is 0 Å². The van der Waals surface area contributed by atoms with Crippen molar-refractivity contribution >= 4 is 23.0 Å². The molecule has 1 aromatic heterocycles. The molecule has 0 saturated carbocycles. The zero-order chi connectivity index (χ0) is 9.97. The maximum absolute atomic E-state index is 11.8. The molecule has 2 heterocycles. The Hall–Kier alpha value is -1.16. The van der Waals surface area contributed by atoms with Gasteiger partial charge in [0.25, 0.3) is 5.91 Å². The molecule has 0 radical (unpaired) electrons. The number of thiophene rings is 1. The Bertz CT molecular complexity index is 345. The molecule has 4 heteroatoms. The fourth-order valence-corrected chi connectivity index (χ4v) is 2.21. The van der Waals surface area contributed by atoms with Crippen molar-refractivity contribution in [3.8, 4) is 0 Å². The van der Waals surface area contributed by atoms with Crippen LogP contribution < -0.4 is 0 Å². The Kier molecular flexibility index (Phi) is 2.63. The van der Waals surface area contributed by atoms with Crippen LogP contribution in [-0.4, -0.2) is 29.7 Å². The maximum atomic E-state index is 11.8. The molecule has 0 unspecified atom stereocenters. The van der Waals surface area contributed by atoms with Crippen molar-refractivity contribution in [3.05, 3.63) is 22.4 Å². The highest BCUT2D eigenvalue weighted by Crippen LogP contribution is 2.13. The summed E-state index contributed by atoms with van der Waals surface area (Å²) < 4.78 is 0. The van der Waals surface area contributed by atoms with Gasteiger partial charge in [0.15, 0.2) is 5.78 Å². The average molecular weight is 209 g/mol. The third-order valence-corrected chi connectivity index (χ3v) is 2.99. The van der Waals surface area contributed by atoms with Crippen molar-refractivity contribution in [2.24, 2.45) is 0 Å². The fourth-order valence-electron chi connectivity index (χ4n) is 1.58. The standard InChI is InChI=1S/C10H11NO2S/c12-9-2-1-4-11(6-9)10(13)8-3-5-14-7-8/h3,5,7H,1-2,4,6H2. The number of amides is 1. The molecule has 0 spiro atoms. The molecular weight excluding hydrogens is 198 g/mol. The van der Waals surface area contributed by atoms with Crippen LogP contribution in [0.1, 0.15) is 23.2 Å². The molecule has 1 aliphatic rings. The lowest BCUT2D eigenvalue weighted by molar-refractivity contribution is -0.121. The molecule has 0 aromatic carbocycles. The van der Waals surface area contributed by atoms with E-state index in [9.17, 15) is 9.59 Å². The van der Waals surface area contributed by atoms with Gasteiger partial charge in [-0.15, -0.1) is 0 Å². The number of carbonyl (C=O) groups is 2. The summed E-state index contributed by atoms with van der Waals surface area (Å²) in [5.41, 5.74) is 0.699. The van der Waals surface area contributed by atoms with E-state index in [-0.39, 0.29) is 18.2 Å². The van der Waals surface area contributed by atoms with E-state index in [0.29, 0.717) is 18.5 Å². The minimum atomic E-state index is -0.0145. The topological polar surface area (TPSA) is 37.4 Å². The summed E-state index contributed by atoms with van der Waals surface area (Å²) in [5, 5.41) is 3.69. The molecule has 0 atom stereocenters. The molecule has 1 aromatic rings. The molecule has 0 bridgehead atoms. The van der Waals surface area contributed by atoms with Gasteiger partial charge in [0.05, 0.1) is 12.1 Å². The third-order valence-electron chi connectivity index (χ3n) is 2.31. The van der Waals surface area contributed by atoms with Crippen LogP contribution in [0.3, 0.4) is 0 Å². The van der Waals surface area contributed by atoms with E-state index in [4.69, 9.17) is 0 Å². The van der Waals surface area contributed by atoms with E-state index in [1.54, 1.807) is 11.0 Å². The van der Waals surface area contributed by atoms with Crippen molar-refractivity contribution in [1.29, 1.82) is 0 Å². The van der Waals surface area contributed by atoms with Gasteiger partial charge >= 0.3 is 0 Å². The Balaban J connectivity index is 2.08. The Morgan fingerprint density at radius 1 is 1.50 bits per heavy atom. The summed E-state index contributed by atoms with van der Waals surface area (Å²) in [5.74, 6) is 0.152. The number of hydrogen-bond acceptors (Lipinski definition) is 3. The number of rotatable bonds is 1. The van der Waals surface area contributed by atoms with Gasteiger partial charge in [0.1, 0.15) is 0 Å². The first-order chi connectivity index (χ1) is 6.77. The summed E-state index contributed by atoms with van der Waals surface area (Å²) in [4.78, 5) is 24.6. The highest BCUT2D eigenvalue weighted by atomic mass is 32.1. The highest BCUT2D eigenvalue weighted by Gasteiger charge is 2.22. The first kappa shape index (κ1) is 9.40. The molecule has 74 valence electrons. The second-order valence-corrected chi connectivity index (χ2v) is 4.16. The maximum Gasteiger partial charge on any atom is 0.255 e. The molecule has 0 aliphatic carbocycles. The van der Waals surface area contributed by atoms with Crippen LogP contribution in [0.5, 0.6) is 0 Å². The molecule has 0 N–H and O–H groups in total. The van der Waals surface area contributed by atoms with E-state index >= 15 is 0 Å². The first-order valence-electron chi connectivity index (χ1n) is 4.60. The van der Waals surface area contributed by atoms with Gasteiger partial charge in [-0.1, -0.05) is 0 Å². The Labute approximate surface area is 86.3 Å². The number of hydrogen-bond donors (Lipinski definition) is 0. The van der Waals surface area contributed by atoms with Crippen LogP contribution >= 0.6 is 11.3 Å². The van der Waals surface area contributed by atoms with Crippen LogP contribution in [0.4, 0.5) is 0 Å². The van der Waals surface area contributed by atoms with Crippen LogP contribution in [0.15, 0.2) is 16.8 Å². The SMILES string of the molecule is O=C1CCCN(C(=O)c2ccsc2)C1. The van der Waals surface area contributed by atoms with Gasteiger partial charge < -0.3 is 4.90 Å². The lowest BCUT2D eigenvalue weighted by Crippen LogP contribution is -2.39. The zero-order valence-corrected chi connectivity index (χ0v) is 8.55. The normalized spacial score (nSPS) is 17.1. The van der Waals surface area contributed by atoms with Gasteiger partial charge in [-0.2, -0.15) is 11.3 Å². The molecular formula is C10H11NO2S. The van der Waals surface area contributed by atoms with Crippen molar-refractivity contribution in [2.75, 3.05) is 13.1 Å². The second-order valence-electron chi connectivity index (χ2n) is 3.38. The van der Waals surface area contributed by atoms with Gasteiger partial charge in [0.2, 0.25) is 0 Å². The predicted molar refractivity (Wildman–Crippen MR) is 54.5 cm³/mol. The summed E-state index contributed by atoms with van der Waals surface area (Å²) in [6.45, 7) is 0.995. The van der Waals surface area contributed by atoms with Crippen LogP contribution in [0, 0.1) is 0 Å². The number of ketones is 1. The molecule has 1 fully saturated rings. The van der Waals surface area contributed by atoms with Crippen LogP contribution in [0.25, 0.3) is 0 Å². The summed E-state index contributed by atoms with van der Waals surface area (Å²) in [7, 11) is 0. The van der Waals surface area contributed by atoms with Gasteiger partial charge in [-0.25, -0.2) is 0 Å². The van der Waals surface area contributed by atoms with E-state index in [1.165, 1.54) is 11.3 Å².